The fourth-order valence-corrected chi connectivity index (χ4v) is 2.22. The van der Waals surface area contributed by atoms with Crippen LogP contribution in [-0.2, 0) is 16.1 Å². The highest BCUT2D eigenvalue weighted by molar-refractivity contribution is 6.30. The lowest BCUT2D eigenvalue weighted by Crippen LogP contribution is -2.18. The minimum Gasteiger partial charge on any atom is -0.465 e. The minimum atomic E-state index is -0.632. The summed E-state index contributed by atoms with van der Waals surface area (Å²) in [6.45, 7) is 0.425. The van der Waals surface area contributed by atoms with E-state index in [9.17, 15) is 14.9 Å². The van der Waals surface area contributed by atoms with E-state index in [1.54, 1.807) is 30.3 Å². The quantitative estimate of drug-likeness (QED) is 0.463. The number of esters is 1. The predicted octanol–water partition coefficient (Wildman–Crippen LogP) is 3.26. The largest absolute Gasteiger partial charge is 0.465 e. The van der Waals surface area contributed by atoms with Crippen LogP contribution < -0.4 is 10.6 Å². The summed E-state index contributed by atoms with van der Waals surface area (Å²) in [6, 6.07) is 15.4. The summed E-state index contributed by atoms with van der Waals surface area (Å²) in [5.41, 5.74) is 1.29. The van der Waals surface area contributed by atoms with Gasteiger partial charge in [0.25, 0.3) is 5.91 Å². The van der Waals surface area contributed by atoms with Gasteiger partial charge in [-0.3, -0.25) is 4.79 Å². The zero-order chi connectivity index (χ0) is 18.9. The van der Waals surface area contributed by atoms with E-state index in [2.05, 4.69) is 15.4 Å². The van der Waals surface area contributed by atoms with E-state index < -0.39 is 11.9 Å². The second-order valence-electron chi connectivity index (χ2n) is 5.17. The first-order valence-corrected chi connectivity index (χ1v) is 7.99. The summed E-state index contributed by atoms with van der Waals surface area (Å²) >= 11 is 5.82. The SMILES string of the molecule is COC(=O)c1ccccc1NC(=O)/C(C#N)=C\NCc1ccc(Cl)cc1. The maximum absolute atomic E-state index is 12.3. The van der Waals surface area contributed by atoms with Crippen molar-refractivity contribution in [3.05, 3.63) is 76.5 Å². The third kappa shape index (κ3) is 5.10. The van der Waals surface area contributed by atoms with E-state index in [1.165, 1.54) is 19.4 Å². The van der Waals surface area contributed by atoms with Crippen LogP contribution in [0.4, 0.5) is 5.69 Å². The molecule has 0 atom stereocenters. The maximum Gasteiger partial charge on any atom is 0.339 e. The van der Waals surface area contributed by atoms with Crippen LogP contribution in [0.1, 0.15) is 15.9 Å². The lowest BCUT2D eigenvalue weighted by molar-refractivity contribution is -0.112. The summed E-state index contributed by atoms with van der Waals surface area (Å²) in [4.78, 5) is 24.0. The number of para-hydroxylation sites is 1. The maximum atomic E-state index is 12.3. The Hall–Kier alpha value is -3.30. The van der Waals surface area contributed by atoms with Crippen LogP contribution in [0.5, 0.6) is 0 Å². The number of anilines is 1. The van der Waals surface area contributed by atoms with E-state index in [1.807, 2.05) is 18.2 Å². The van der Waals surface area contributed by atoms with Gasteiger partial charge in [0, 0.05) is 17.8 Å². The molecule has 2 N–H and O–H groups in total. The molecule has 0 saturated carbocycles. The van der Waals surface area contributed by atoms with E-state index >= 15 is 0 Å². The average Bonchev–Trinajstić information content (AvgIpc) is 2.66. The van der Waals surface area contributed by atoms with Gasteiger partial charge in [-0.2, -0.15) is 5.26 Å². The predicted molar refractivity (Wildman–Crippen MR) is 98.4 cm³/mol. The number of nitrogens with zero attached hydrogens (tertiary/aromatic N) is 1. The Morgan fingerprint density at radius 2 is 1.88 bits per heavy atom. The number of amides is 1. The van der Waals surface area contributed by atoms with Crippen molar-refractivity contribution >= 4 is 29.2 Å². The number of nitrogens with one attached hydrogen (secondary N) is 2. The molecule has 0 radical (unpaired) electrons. The molecule has 0 aliphatic heterocycles. The van der Waals surface area contributed by atoms with Crippen molar-refractivity contribution in [2.24, 2.45) is 0 Å². The van der Waals surface area contributed by atoms with Gasteiger partial charge in [0.15, 0.2) is 0 Å². The van der Waals surface area contributed by atoms with E-state index in [0.717, 1.165) is 5.56 Å². The first kappa shape index (κ1) is 19.0. The first-order chi connectivity index (χ1) is 12.5. The fourth-order valence-electron chi connectivity index (χ4n) is 2.09. The second kappa shape index (κ2) is 9.25. The van der Waals surface area contributed by atoms with Gasteiger partial charge < -0.3 is 15.4 Å². The molecule has 132 valence electrons. The van der Waals surface area contributed by atoms with Crippen molar-refractivity contribution in [2.75, 3.05) is 12.4 Å². The third-order valence-electron chi connectivity index (χ3n) is 3.41. The summed E-state index contributed by atoms with van der Waals surface area (Å²) in [5.74, 6) is -1.21. The van der Waals surface area contributed by atoms with Crippen LogP contribution in [-0.4, -0.2) is 19.0 Å². The molecule has 2 aromatic carbocycles. The molecule has 0 bridgehead atoms. The van der Waals surface area contributed by atoms with Gasteiger partial charge in [0.1, 0.15) is 11.6 Å². The van der Waals surface area contributed by atoms with Crippen molar-refractivity contribution in [1.29, 1.82) is 5.26 Å². The highest BCUT2D eigenvalue weighted by Gasteiger charge is 2.15. The molecule has 1 amide bonds. The number of benzene rings is 2. The van der Waals surface area contributed by atoms with Crippen molar-refractivity contribution in [2.45, 2.75) is 6.54 Å². The van der Waals surface area contributed by atoms with Crippen molar-refractivity contribution in [3.63, 3.8) is 0 Å². The van der Waals surface area contributed by atoms with Gasteiger partial charge in [0.2, 0.25) is 0 Å². The highest BCUT2D eigenvalue weighted by Crippen LogP contribution is 2.17. The Kier molecular flexibility index (Phi) is 6.77. The Labute approximate surface area is 156 Å². The lowest BCUT2D eigenvalue weighted by atomic mass is 10.1. The molecule has 0 saturated heterocycles. The standard InChI is InChI=1S/C19H16ClN3O3/c1-26-19(25)16-4-2-3-5-17(16)23-18(24)14(10-21)12-22-11-13-6-8-15(20)9-7-13/h2-9,12,22H,11H2,1H3,(H,23,24)/b14-12-. The van der Waals surface area contributed by atoms with Crippen LogP contribution in [0, 0.1) is 11.3 Å². The van der Waals surface area contributed by atoms with Gasteiger partial charge in [-0.1, -0.05) is 35.9 Å². The molecule has 26 heavy (non-hydrogen) atoms. The summed E-state index contributed by atoms with van der Waals surface area (Å²) in [6.07, 6.45) is 1.32. The Balaban J connectivity index is 2.06. The van der Waals surface area contributed by atoms with Gasteiger partial charge >= 0.3 is 5.97 Å². The highest BCUT2D eigenvalue weighted by atomic mass is 35.5. The number of methoxy groups -OCH3 is 1. The monoisotopic (exact) mass is 369 g/mol. The molecule has 2 rings (SSSR count). The number of ether oxygens (including phenoxy) is 1. The van der Waals surface area contributed by atoms with Crippen molar-refractivity contribution < 1.29 is 14.3 Å². The molecule has 0 aliphatic rings. The fraction of sp³-hybridized carbons (Fsp3) is 0.105. The minimum absolute atomic E-state index is 0.126. The molecule has 7 heteroatoms. The van der Waals surface area contributed by atoms with Crippen molar-refractivity contribution in [1.82, 2.24) is 5.32 Å². The number of carbonyl (C=O) groups is 2. The molecule has 2 aromatic rings. The molecule has 0 heterocycles. The average molecular weight is 370 g/mol. The smallest absolute Gasteiger partial charge is 0.339 e. The Bertz CT molecular complexity index is 870. The van der Waals surface area contributed by atoms with Crippen LogP contribution in [0.25, 0.3) is 0 Å². The Morgan fingerprint density at radius 3 is 2.54 bits per heavy atom. The summed E-state index contributed by atoms with van der Waals surface area (Å²) < 4.78 is 4.68. The van der Waals surface area contributed by atoms with Gasteiger partial charge in [-0.05, 0) is 29.8 Å². The Morgan fingerprint density at radius 1 is 1.19 bits per heavy atom. The number of nitriles is 1. The molecule has 0 spiro atoms. The normalized spacial score (nSPS) is 10.6. The second-order valence-corrected chi connectivity index (χ2v) is 5.60. The van der Waals surface area contributed by atoms with Gasteiger partial charge in [-0.15, -0.1) is 0 Å². The zero-order valence-corrected chi connectivity index (χ0v) is 14.7. The van der Waals surface area contributed by atoms with Crippen LogP contribution >= 0.6 is 11.6 Å². The van der Waals surface area contributed by atoms with Gasteiger partial charge in [-0.25, -0.2) is 4.79 Å². The number of carbonyl (C=O) groups excluding carboxylic acids is 2. The summed E-state index contributed by atoms with van der Waals surface area (Å²) in [5, 5.41) is 15.3. The zero-order valence-electron chi connectivity index (χ0n) is 14.0. The molecule has 0 unspecified atom stereocenters. The number of rotatable bonds is 6. The molecule has 0 fully saturated rings. The van der Waals surface area contributed by atoms with Crippen LogP contribution in [0.15, 0.2) is 60.3 Å². The molecule has 0 aliphatic carbocycles. The van der Waals surface area contributed by atoms with Gasteiger partial charge in [0.05, 0.1) is 18.4 Å². The molecule has 0 aromatic heterocycles. The lowest BCUT2D eigenvalue weighted by Gasteiger charge is -2.09. The van der Waals surface area contributed by atoms with Crippen LogP contribution in [0.2, 0.25) is 5.02 Å². The number of halogens is 1. The summed E-state index contributed by atoms with van der Waals surface area (Å²) in [7, 11) is 1.25. The van der Waals surface area contributed by atoms with Crippen LogP contribution in [0.3, 0.4) is 0 Å². The third-order valence-corrected chi connectivity index (χ3v) is 3.66. The van der Waals surface area contributed by atoms with E-state index in [0.29, 0.717) is 11.6 Å². The molecular weight excluding hydrogens is 354 g/mol. The number of hydrogen-bond acceptors (Lipinski definition) is 5. The molecular formula is C19H16ClN3O3. The van der Waals surface area contributed by atoms with Crippen molar-refractivity contribution in [3.8, 4) is 6.07 Å². The molecule has 6 nitrogen and oxygen atoms in total. The topological polar surface area (TPSA) is 91.2 Å². The van der Waals surface area contributed by atoms with E-state index in [-0.39, 0.29) is 16.8 Å². The first-order valence-electron chi connectivity index (χ1n) is 7.62. The van der Waals surface area contributed by atoms with E-state index in [4.69, 9.17) is 11.6 Å². The number of hydrogen-bond donors (Lipinski definition) is 2.